The minimum absolute atomic E-state index is 0.141. The number of hydrogen-bond donors (Lipinski definition) is 1. The molecule has 1 saturated carbocycles. The molecule has 3 rings (SSSR count). The third-order valence-corrected chi connectivity index (χ3v) is 5.07. The molecule has 1 N–H and O–H groups in total. The lowest BCUT2D eigenvalue weighted by Crippen LogP contribution is -2.40. The molecule has 1 aliphatic carbocycles. The molecular formula is C17H20FNS. The molecule has 0 saturated heterocycles. The first-order chi connectivity index (χ1) is 9.56. The van der Waals surface area contributed by atoms with Crippen molar-refractivity contribution in [3.63, 3.8) is 0 Å². The molecule has 1 fully saturated rings. The normalized spacial score (nSPS) is 15.6. The van der Waals surface area contributed by atoms with Gasteiger partial charge in [0, 0.05) is 22.5 Å². The topological polar surface area (TPSA) is 12.0 Å². The summed E-state index contributed by atoms with van der Waals surface area (Å²) in [6, 6.07) is 9.35. The Balaban J connectivity index is 1.76. The number of rotatable bonds is 5. The van der Waals surface area contributed by atoms with E-state index in [2.05, 4.69) is 19.2 Å². The maximum atomic E-state index is 13.9. The summed E-state index contributed by atoms with van der Waals surface area (Å²) < 4.78 is 13.9. The van der Waals surface area contributed by atoms with E-state index < -0.39 is 0 Å². The molecule has 1 heterocycles. The van der Waals surface area contributed by atoms with E-state index in [4.69, 9.17) is 0 Å². The molecule has 0 radical (unpaired) electrons. The first-order valence-electron chi connectivity index (χ1n) is 7.13. The fraction of sp³-hybridized carbons (Fsp3) is 0.412. The summed E-state index contributed by atoms with van der Waals surface area (Å²) in [6.07, 6.45) is 2.65. The first-order valence-corrected chi connectivity index (χ1v) is 8.01. The zero-order valence-electron chi connectivity index (χ0n) is 11.9. The van der Waals surface area contributed by atoms with E-state index in [9.17, 15) is 4.39 Å². The molecular weight excluding hydrogens is 269 g/mol. The monoisotopic (exact) mass is 289 g/mol. The number of benzene rings is 1. The van der Waals surface area contributed by atoms with Crippen LogP contribution in [0.4, 0.5) is 4.39 Å². The SMILES string of the molecule is CC(C)(NCc1ccc(F)c(-c2cccs2)c1)C1CC1. The summed E-state index contributed by atoms with van der Waals surface area (Å²) in [6.45, 7) is 5.31. The second-order valence-corrected chi connectivity index (χ2v) is 7.09. The summed E-state index contributed by atoms with van der Waals surface area (Å²) in [5.74, 6) is 0.650. The van der Waals surface area contributed by atoms with Crippen molar-refractivity contribution in [2.45, 2.75) is 38.8 Å². The number of halogens is 1. The fourth-order valence-electron chi connectivity index (χ4n) is 2.58. The third-order valence-electron chi connectivity index (χ3n) is 4.16. The second-order valence-electron chi connectivity index (χ2n) is 6.14. The van der Waals surface area contributed by atoms with Gasteiger partial charge in [-0.15, -0.1) is 11.3 Å². The van der Waals surface area contributed by atoms with E-state index in [-0.39, 0.29) is 11.4 Å². The van der Waals surface area contributed by atoms with Crippen molar-refractivity contribution in [3.8, 4) is 10.4 Å². The molecule has 106 valence electrons. The fourth-order valence-corrected chi connectivity index (χ4v) is 3.33. The Kier molecular flexibility index (Phi) is 3.65. The molecule has 1 aromatic carbocycles. The predicted octanol–water partition coefficient (Wildman–Crippen LogP) is 4.83. The van der Waals surface area contributed by atoms with E-state index in [1.165, 1.54) is 12.8 Å². The molecule has 0 amide bonds. The quantitative estimate of drug-likeness (QED) is 0.831. The summed E-state index contributed by atoms with van der Waals surface area (Å²) in [5, 5.41) is 5.59. The highest BCUT2D eigenvalue weighted by molar-refractivity contribution is 7.13. The average molecular weight is 289 g/mol. The third kappa shape index (κ3) is 2.94. The summed E-state index contributed by atoms with van der Waals surface area (Å²) in [5.41, 5.74) is 2.03. The number of hydrogen-bond acceptors (Lipinski definition) is 2. The molecule has 0 spiro atoms. The predicted molar refractivity (Wildman–Crippen MR) is 83.4 cm³/mol. The van der Waals surface area contributed by atoms with Gasteiger partial charge in [-0.1, -0.05) is 12.1 Å². The maximum Gasteiger partial charge on any atom is 0.131 e. The van der Waals surface area contributed by atoms with Crippen LogP contribution in [0.25, 0.3) is 10.4 Å². The van der Waals surface area contributed by atoms with E-state index in [1.807, 2.05) is 29.6 Å². The zero-order valence-corrected chi connectivity index (χ0v) is 12.8. The van der Waals surface area contributed by atoms with Gasteiger partial charge < -0.3 is 5.32 Å². The Morgan fingerprint density at radius 3 is 2.75 bits per heavy atom. The van der Waals surface area contributed by atoms with Crippen LogP contribution in [0.5, 0.6) is 0 Å². The van der Waals surface area contributed by atoms with Gasteiger partial charge in [-0.25, -0.2) is 4.39 Å². The van der Waals surface area contributed by atoms with Crippen LogP contribution in [0.1, 0.15) is 32.3 Å². The Hall–Kier alpha value is -1.19. The van der Waals surface area contributed by atoms with Crippen molar-refractivity contribution < 1.29 is 4.39 Å². The second kappa shape index (κ2) is 5.30. The van der Waals surface area contributed by atoms with Crippen LogP contribution < -0.4 is 5.32 Å². The standard InChI is InChI=1S/C17H20FNS/c1-17(2,13-6-7-13)19-11-12-5-8-15(18)14(10-12)16-4-3-9-20-16/h3-5,8-10,13,19H,6-7,11H2,1-2H3. The van der Waals surface area contributed by atoms with Crippen molar-refractivity contribution in [1.82, 2.24) is 5.32 Å². The molecule has 1 aliphatic rings. The van der Waals surface area contributed by atoms with Gasteiger partial charge in [0.2, 0.25) is 0 Å². The molecule has 0 bridgehead atoms. The van der Waals surface area contributed by atoms with Crippen LogP contribution >= 0.6 is 11.3 Å². The van der Waals surface area contributed by atoms with E-state index in [0.29, 0.717) is 5.56 Å². The van der Waals surface area contributed by atoms with Gasteiger partial charge in [0.05, 0.1) is 0 Å². The Bertz CT molecular complexity index is 585. The molecule has 0 aliphatic heterocycles. The van der Waals surface area contributed by atoms with Gasteiger partial charge >= 0.3 is 0 Å². The van der Waals surface area contributed by atoms with Crippen LogP contribution in [-0.2, 0) is 6.54 Å². The summed E-state index contributed by atoms with van der Waals surface area (Å²) >= 11 is 1.58. The van der Waals surface area contributed by atoms with Crippen LogP contribution in [0.15, 0.2) is 35.7 Å². The summed E-state index contributed by atoms with van der Waals surface area (Å²) in [4.78, 5) is 0.991. The lowest BCUT2D eigenvalue weighted by Gasteiger charge is -2.26. The average Bonchev–Trinajstić information content (AvgIpc) is 3.16. The number of nitrogens with one attached hydrogen (secondary N) is 1. The molecule has 0 unspecified atom stereocenters. The van der Waals surface area contributed by atoms with Crippen LogP contribution in [0, 0.1) is 11.7 Å². The highest BCUT2D eigenvalue weighted by atomic mass is 32.1. The summed E-state index contributed by atoms with van der Waals surface area (Å²) in [7, 11) is 0. The zero-order chi connectivity index (χ0) is 14.2. The highest BCUT2D eigenvalue weighted by Gasteiger charge is 2.37. The van der Waals surface area contributed by atoms with Gasteiger partial charge in [0.1, 0.15) is 5.82 Å². The van der Waals surface area contributed by atoms with Crippen molar-refractivity contribution in [3.05, 3.63) is 47.1 Å². The van der Waals surface area contributed by atoms with Crippen molar-refractivity contribution >= 4 is 11.3 Å². The minimum atomic E-state index is -0.141. The van der Waals surface area contributed by atoms with Gasteiger partial charge in [-0.3, -0.25) is 0 Å². The van der Waals surface area contributed by atoms with Crippen LogP contribution in [0.3, 0.4) is 0 Å². The Morgan fingerprint density at radius 1 is 1.30 bits per heavy atom. The van der Waals surface area contributed by atoms with E-state index in [1.54, 1.807) is 17.4 Å². The molecule has 1 nitrogen and oxygen atoms in total. The molecule has 20 heavy (non-hydrogen) atoms. The minimum Gasteiger partial charge on any atom is -0.307 e. The lowest BCUT2D eigenvalue weighted by molar-refractivity contribution is 0.339. The molecule has 0 atom stereocenters. The van der Waals surface area contributed by atoms with E-state index in [0.717, 1.165) is 22.9 Å². The Labute approximate surface area is 123 Å². The smallest absolute Gasteiger partial charge is 0.131 e. The molecule has 3 heteroatoms. The Morgan fingerprint density at radius 2 is 2.10 bits per heavy atom. The van der Waals surface area contributed by atoms with Crippen LogP contribution in [-0.4, -0.2) is 5.54 Å². The maximum absolute atomic E-state index is 13.9. The molecule has 1 aromatic heterocycles. The molecule has 2 aromatic rings. The van der Waals surface area contributed by atoms with Crippen molar-refractivity contribution in [2.24, 2.45) is 5.92 Å². The van der Waals surface area contributed by atoms with Gasteiger partial charge in [-0.2, -0.15) is 0 Å². The van der Waals surface area contributed by atoms with Crippen molar-refractivity contribution in [2.75, 3.05) is 0 Å². The van der Waals surface area contributed by atoms with E-state index >= 15 is 0 Å². The van der Waals surface area contributed by atoms with Gasteiger partial charge in [-0.05, 0) is 61.7 Å². The van der Waals surface area contributed by atoms with Crippen molar-refractivity contribution in [1.29, 1.82) is 0 Å². The lowest BCUT2D eigenvalue weighted by atomic mass is 9.98. The highest BCUT2D eigenvalue weighted by Crippen LogP contribution is 2.39. The first kappa shape index (κ1) is 13.8. The number of thiophene rings is 1. The van der Waals surface area contributed by atoms with Gasteiger partial charge in [0.25, 0.3) is 0 Å². The van der Waals surface area contributed by atoms with Crippen LogP contribution in [0.2, 0.25) is 0 Å². The largest absolute Gasteiger partial charge is 0.307 e. The van der Waals surface area contributed by atoms with Gasteiger partial charge in [0.15, 0.2) is 0 Å².